The minimum absolute atomic E-state index is 0.221. The molecular formula is C22H18ClNO4. The lowest BCUT2D eigenvalue weighted by Gasteiger charge is -2.24. The van der Waals surface area contributed by atoms with E-state index in [-0.39, 0.29) is 19.1 Å². The van der Waals surface area contributed by atoms with Crippen molar-refractivity contribution >= 4 is 39.9 Å². The van der Waals surface area contributed by atoms with Crippen molar-refractivity contribution in [2.24, 2.45) is 5.92 Å². The van der Waals surface area contributed by atoms with Gasteiger partial charge in [0.1, 0.15) is 12.4 Å². The molecule has 0 saturated carbocycles. The smallest absolute Gasteiger partial charge is 0.313 e. The number of esters is 1. The Hall–Kier alpha value is -3.05. The standard InChI is InChI=1S/C22H18ClNO4/c23-17-8-9-20-15(11-17)10-16(12-27-20)22(26)28-13-21(25)24-19-7-3-5-14-4-1-2-6-18(14)19/h1-9,11,16H,10,12-13H2,(H,24,25)/t16-/m0/s1. The van der Waals surface area contributed by atoms with E-state index in [1.807, 2.05) is 42.5 Å². The summed E-state index contributed by atoms with van der Waals surface area (Å²) >= 11 is 6.00. The molecule has 0 aliphatic carbocycles. The first kappa shape index (κ1) is 18.3. The van der Waals surface area contributed by atoms with Crippen LogP contribution < -0.4 is 10.1 Å². The Labute approximate surface area is 167 Å². The number of amides is 1. The second-order valence-corrected chi connectivity index (χ2v) is 7.08. The Morgan fingerprint density at radius 1 is 1.11 bits per heavy atom. The number of halogens is 1. The number of ether oxygens (including phenoxy) is 2. The van der Waals surface area contributed by atoms with Gasteiger partial charge in [-0.3, -0.25) is 9.59 Å². The summed E-state index contributed by atoms with van der Waals surface area (Å²) in [5.41, 5.74) is 1.55. The highest BCUT2D eigenvalue weighted by atomic mass is 35.5. The molecule has 4 rings (SSSR count). The van der Waals surface area contributed by atoms with Gasteiger partial charge in [0.2, 0.25) is 0 Å². The SMILES string of the molecule is O=C(COC(=O)[C@@H]1COc2ccc(Cl)cc2C1)Nc1cccc2ccccc12. The van der Waals surface area contributed by atoms with E-state index in [4.69, 9.17) is 21.1 Å². The van der Waals surface area contributed by atoms with Crippen molar-refractivity contribution in [2.45, 2.75) is 6.42 Å². The third-order valence-electron chi connectivity index (χ3n) is 4.67. The van der Waals surface area contributed by atoms with E-state index in [1.54, 1.807) is 18.2 Å². The Kier molecular flexibility index (Phi) is 5.17. The van der Waals surface area contributed by atoms with Crippen LogP contribution in [0.4, 0.5) is 5.69 Å². The topological polar surface area (TPSA) is 64.6 Å². The van der Waals surface area contributed by atoms with Crippen LogP contribution >= 0.6 is 11.6 Å². The molecule has 142 valence electrons. The number of fused-ring (bicyclic) bond motifs is 2. The van der Waals surface area contributed by atoms with Crippen molar-refractivity contribution in [1.82, 2.24) is 0 Å². The monoisotopic (exact) mass is 395 g/mol. The minimum Gasteiger partial charge on any atom is -0.492 e. The van der Waals surface area contributed by atoms with Crippen LogP contribution in [0.25, 0.3) is 10.8 Å². The number of benzene rings is 3. The van der Waals surface area contributed by atoms with Gasteiger partial charge in [-0.2, -0.15) is 0 Å². The Morgan fingerprint density at radius 2 is 1.93 bits per heavy atom. The molecule has 3 aromatic carbocycles. The molecule has 1 heterocycles. The van der Waals surface area contributed by atoms with Crippen LogP contribution in [0, 0.1) is 5.92 Å². The van der Waals surface area contributed by atoms with Gasteiger partial charge in [-0.15, -0.1) is 0 Å². The number of hydrogen-bond acceptors (Lipinski definition) is 4. The molecule has 1 atom stereocenters. The second kappa shape index (κ2) is 7.90. The van der Waals surface area contributed by atoms with Crippen molar-refractivity contribution < 1.29 is 19.1 Å². The molecule has 0 aromatic heterocycles. The first-order chi connectivity index (χ1) is 13.6. The number of carbonyl (C=O) groups is 2. The molecule has 0 bridgehead atoms. The van der Waals surface area contributed by atoms with Gasteiger partial charge in [-0.05, 0) is 41.6 Å². The lowest BCUT2D eigenvalue weighted by atomic mass is 9.97. The lowest BCUT2D eigenvalue weighted by Crippen LogP contribution is -2.32. The van der Waals surface area contributed by atoms with Crippen LogP contribution in [0.1, 0.15) is 5.56 Å². The highest BCUT2D eigenvalue weighted by molar-refractivity contribution is 6.30. The van der Waals surface area contributed by atoms with Gasteiger partial charge in [0, 0.05) is 16.1 Å². The highest BCUT2D eigenvalue weighted by Crippen LogP contribution is 2.30. The van der Waals surface area contributed by atoms with Crippen molar-refractivity contribution in [3.8, 4) is 5.75 Å². The maximum absolute atomic E-state index is 12.3. The summed E-state index contributed by atoms with van der Waals surface area (Å²) in [5, 5.41) is 5.34. The fourth-order valence-electron chi connectivity index (χ4n) is 3.29. The van der Waals surface area contributed by atoms with Gasteiger partial charge in [0.25, 0.3) is 5.91 Å². The molecule has 0 spiro atoms. The summed E-state index contributed by atoms with van der Waals surface area (Å²) in [7, 11) is 0. The molecule has 5 nitrogen and oxygen atoms in total. The quantitative estimate of drug-likeness (QED) is 0.671. The largest absolute Gasteiger partial charge is 0.492 e. The van der Waals surface area contributed by atoms with E-state index < -0.39 is 11.9 Å². The van der Waals surface area contributed by atoms with E-state index >= 15 is 0 Å². The molecule has 1 aliphatic heterocycles. The number of nitrogens with one attached hydrogen (secondary N) is 1. The van der Waals surface area contributed by atoms with Crippen LogP contribution in [-0.2, 0) is 20.7 Å². The van der Waals surface area contributed by atoms with Gasteiger partial charge in [-0.1, -0.05) is 48.0 Å². The number of hydrogen-bond donors (Lipinski definition) is 1. The Morgan fingerprint density at radius 3 is 2.82 bits per heavy atom. The van der Waals surface area contributed by atoms with Crippen molar-refractivity contribution in [3.63, 3.8) is 0 Å². The van der Waals surface area contributed by atoms with Crippen molar-refractivity contribution in [1.29, 1.82) is 0 Å². The van der Waals surface area contributed by atoms with Gasteiger partial charge < -0.3 is 14.8 Å². The Balaban J connectivity index is 1.35. The molecule has 0 fully saturated rings. The Bertz CT molecular complexity index is 1040. The summed E-state index contributed by atoms with van der Waals surface area (Å²) < 4.78 is 10.8. The maximum atomic E-state index is 12.3. The molecule has 6 heteroatoms. The van der Waals surface area contributed by atoms with E-state index in [9.17, 15) is 9.59 Å². The fraction of sp³-hybridized carbons (Fsp3) is 0.182. The summed E-state index contributed by atoms with van der Waals surface area (Å²) in [6.45, 7) is -0.126. The van der Waals surface area contributed by atoms with E-state index in [0.717, 1.165) is 22.1 Å². The van der Waals surface area contributed by atoms with Gasteiger partial charge in [0.05, 0.1) is 5.92 Å². The maximum Gasteiger partial charge on any atom is 0.313 e. The third-order valence-corrected chi connectivity index (χ3v) is 4.91. The predicted octanol–water partition coefficient (Wildman–Crippen LogP) is 4.23. The molecule has 0 saturated heterocycles. The molecule has 1 aliphatic rings. The first-order valence-corrected chi connectivity index (χ1v) is 9.33. The van der Waals surface area contributed by atoms with Crippen LogP contribution in [0.15, 0.2) is 60.7 Å². The van der Waals surface area contributed by atoms with E-state index in [2.05, 4.69) is 5.32 Å². The van der Waals surface area contributed by atoms with Crippen LogP contribution in [0.3, 0.4) is 0 Å². The van der Waals surface area contributed by atoms with Crippen molar-refractivity contribution in [2.75, 3.05) is 18.5 Å². The van der Waals surface area contributed by atoms with Crippen LogP contribution in [0.2, 0.25) is 5.02 Å². The zero-order chi connectivity index (χ0) is 19.5. The molecule has 1 amide bonds. The van der Waals surface area contributed by atoms with Gasteiger partial charge in [0.15, 0.2) is 6.61 Å². The molecule has 28 heavy (non-hydrogen) atoms. The molecule has 3 aromatic rings. The van der Waals surface area contributed by atoms with Gasteiger partial charge >= 0.3 is 5.97 Å². The molecule has 0 radical (unpaired) electrons. The summed E-state index contributed by atoms with van der Waals surface area (Å²) in [5.74, 6) is -0.581. The first-order valence-electron chi connectivity index (χ1n) is 8.95. The third kappa shape index (κ3) is 3.94. The summed E-state index contributed by atoms with van der Waals surface area (Å²) in [6, 6.07) is 18.7. The molecule has 1 N–H and O–H groups in total. The molecule has 0 unspecified atom stereocenters. The average molecular weight is 396 g/mol. The van der Waals surface area contributed by atoms with Crippen LogP contribution in [0.5, 0.6) is 5.75 Å². The average Bonchev–Trinajstić information content (AvgIpc) is 2.71. The fourth-order valence-corrected chi connectivity index (χ4v) is 3.48. The lowest BCUT2D eigenvalue weighted by molar-refractivity contribution is -0.152. The zero-order valence-electron chi connectivity index (χ0n) is 15.0. The normalized spacial score (nSPS) is 15.4. The van der Waals surface area contributed by atoms with Crippen molar-refractivity contribution in [3.05, 3.63) is 71.2 Å². The van der Waals surface area contributed by atoms with E-state index in [0.29, 0.717) is 17.1 Å². The number of anilines is 1. The number of rotatable bonds is 4. The minimum atomic E-state index is -0.462. The predicted molar refractivity (Wildman–Crippen MR) is 108 cm³/mol. The molecular weight excluding hydrogens is 378 g/mol. The van der Waals surface area contributed by atoms with Gasteiger partial charge in [-0.25, -0.2) is 0 Å². The zero-order valence-corrected chi connectivity index (χ0v) is 15.7. The second-order valence-electron chi connectivity index (χ2n) is 6.65. The highest BCUT2D eigenvalue weighted by Gasteiger charge is 2.28. The number of carbonyl (C=O) groups excluding carboxylic acids is 2. The van der Waals surface area contributed by atoms with E-state index in [1.165, 1.54) is 0 Å². The summed E-state index contributed by atoms with van der Waals surface area (Å²) in [6.07, 6.45) is 0.472. The van der Waals surface area contributed by atoms with Crippen LogP contribution in [-0.4, -0.2) is 25.1 Å². The summed E-state index contributed by atoms with van der Waals surface area (Å²) in [4.78, 5) is 24.6.